The second kappa shape index (κ2) is 9.17. The number of carbonyl (C=O) groups is 1. The minimum absolute atomic E-state index is 0.0291. The minimum Gasteiger partial charge on any atom is -0.486 e. The molecule has 2 rings (SSSR count). The Morgan fingerprint density at radius 1 is 1.14 bits per heavy atom. The van der Waals surface area contributed by atoms with Crippen molar-refractivity contribution in [2.75, 3.05) is 11.0 Å². The van der Waals surface area contributed by atoms with Crippen LogP contribution in [0.15, 0.2) is 30.3 Å². The lowest BCUT2D eigenvalue weighted by molar-refractivity contribution is -0.142. The molecule has 0 heterocycles. The molecule has 0 radical (unpaired) electrons. The van der Waals surface area contributed by atoms with E-state index < -0.39 is 22.2 Å². The summed E-state index contributed by atoms with van der Waals surface area (Å²) in [6, 6.07) is 7.28. The zero-order valence-corrected chi connectivity index (χ0v) is 17.5. The number of sulfonamides is 1. The van der Waals surface area contributed by atoms with E-state index >= 15 is 0 Å². The van der Waals surface area contributed by atoms with Crippen LogP contribution in [0.5, 0.6) is 5.75 Å². The molecule has 2 N–H and O–H groups in total. The third kappa shape index (κ3) is 6.70. The van der Waals surface area contributed by atoms with Gasteiger partial charge in [-0.1, -0.05) is 34.8 Å². The van der Waals surface area contributed by atoms with Crippen molar-refractivity contribution in [2.45, 2.75) is 19.2 Å². The molecule has 1 unspecified atom stereocenters. The van der Waals surface area contributed by atoms with E-state index in [1.807, 2.05) is 0 Å². The minimum atomic E-state index is -3.48. The summed E-state index contributed by atoms with van der Waals surface area (Å²) in [4.78, 5) is 10.6. The van der Waals surface area contributed by atoms with Crippen molar-refractivity contribution >= 4 is 56.5 Å². The number of rotatable bonds is 8. The van der Waals surface area contributed by atoms with Crippen LogP contribution in [0, 0.1) is 0 Å². The Hall–Kier alpha value is -1.74. The molecule has 0 aliphatic rings. The molecule has 0 amide bonds. The maximum atomic E-state index is 13.4. The third-order valence-electron chi connectivity index (χ3n) is 3.38. The van der Waals surface area contributed by atoms with Crippen molar-refractivity contribution in [2.24, 2.45) is 0 Å². The summed E-state index contributed by atoms with van der Waals surface area (Å²) in [5.74, 6) is -1.46. The highest BCUT2D eigenvalue weighted by Gasteiger charge is 2.18. The molecule has 0 spiro atoms. The molecule has 0 saturated carbocycles. The molecule has 0 aliphatic carbocycles. The molecule has 152 valence electrons. The first kappa shape index (κ1) is 22.5. The predicted octanol–water partition coefficient (Wildman–Crippen LogP) is 4.56. The van der Waals surface area contributed by atoms with Crippen LogP contribution < -0.4 is 9.46 Å². The highest BCUT2D eigenvalue weighted by Crippen LogP contribution is 2.35. The van der Waals surface area contributed by atoms with Crippen molar-refractivity contribution in [3.05, 3.63) is 56.5 Å². The third-order valence-corrected chi connectivity index (χ3v) is 4.77. The fourth-order valence-corrected chi connectivity index (χ4v) is 3.77. The van der Waals surface area contributed by atoms with Crippen LogP contribution in [0.2, 0.25) is 15.1 Å². The number of halogens is 4. The van der Waals surface area contributed by atoms with Gasteiger partial charge < -0.3 is 9.84 Å². The second-order valence-electron chi connectivity index (χ2n) is 5.91. The van der Waals surface area contributed by atoms with Gasteiger partial charge in [0.1, 0.15) is 6.61 Å². The Balaban J connectivity index is 2.17. The number of ether oxygens (including phenoxy) is 1. The van der Waals surface area contributed by atoms with Crippen molar-refractivity contribution < 1.29 is 27.4 Å². The summed E-state index contributed by atoms with van der Waals surface area (Å²) in [6.07, 6.45) is -1.45. The lowest BCUT2D eigenvalue weighted by Crippen LogP contribution is -2.17. The van der Waals surface area contributed by atoms with Crippen molar-refractivity contribution in [1.82, 2.24) is 0 Å². The first-order valence-electron chi connectivity index (χ1n) is 7.69. The molecule has 6 nitrogen and oxygen atoms in total. The number of aliphatic carboxylic acids is 1. The van der Waals surface area contributed by atoms with E-state index in [0.29, 0.717) is 16.1 Å². The van der Waals surface area contributed by atoms with Crippen LogP contribution in [-0.2, 0) is 27.8 Å². The normalized spacial score (nSPS) is 12.5. The number of anilines is 1. The highest BCUT2D eigenvalue weighted by molar-refractivity contribution is 7.92. The van der Waals surface area contributed by atoms with Gasteiger partial charge in [0.25, 0.3) is 0 Å². The first-order chi connectivity index (χ1) is 12.9. The Labute approximate surface area is 176 Å². The molecule has 0 aliphatic heterocycles. The summed E-state index contributed by atoms with van der Waals surface area (Å²) < 4.78 is 44.0. The Bertz CT molecular complexity index is 977. The van der Waals surface area contributed by atoms with Crippen LogP contribution in [-0.4, -0.2) is 31.9 Å². The Morgan fingerprint density at radius 2 is 1.75 bits per heavy atom. The van der Waals surface area contributed by atoms with Crippen LogP contribution >= 0.6 is 34.8 Å². The largest absolute Gasteiger partial charge is 0.486 e. The summed E-state index contributed by atoms with van der Waals surface area (Å²) in [7, 11) is -3.48. The van der Waals surface area contributed by atoms with E-state index in [1.54, 1.807) is 6.07 Å². The van der Waals surface area contributed by atoms with Gasteiger partial charge >= 0.3 is 5.97 Å². The lowest BCUT2D eigenvalue weighted by Gasteiger charge is -2.13. The van der Waals surface area contributed by atoms with Gasteiger partial charge in [-0.15, -0.1) is 0 Å². The van der Waals surface area contributed by atoms with Gasteiger partial charge in [-0.2, -0.15) is 0 Å². The van der Waals surface area contributed by atoms with E-state index in [0.717, 1.165) is 6.26 Å². The lowest BCUT2D eigenvalue weighted by atomic mass is 10.1. The summed E-state index contributed by atoms with van der Waals surface area (Å²) in [5.41, 5.74) is 1.12. The maximum absolute atomic E-state index is 13.4. The van der Waals surface area contributed by atoms with E-state index in [9.17, 15) is 17.6 Å². The quantitative estimate of drug-likeness (QED) is 0.590. The molecule has 1 atom stereocenters. The van der Waals surface area contributed by atoms with Gasteiger partial charge in [0.2, 0.25) is 16.2 Å². The molecule has 11 heteroatoms. The molecule has 0 fully saturated rings. The number of hydrogen-bond donors (Lipinski definition) is 2. The zero-order chi connectivity index (χ0) is 21.1. The first-order valence-corrected chi connectivity index (χ1v) is 10.7. The number of carboxylic acids is 1. The SMILES string of the molecule is CS(=O)(=O)Nc1cc(Cl)cc(COc2c(Cl)cc(CC(F)C(=O)O)cc2Cl)c1. The Morgan fingerprint density at radius 3 is 2.29 bits per heavy atom. The number of carboxylic acid groups (broad SMARTS) is 1. The van der Waals surface area contributed by atoms with Gasteiger partial charge in [-0.3, -0.25) is 4.72 Å². The average Bonchev–Trinajstić information content (AvgIpc) is 2.51. The molecule has 2 aromatic rings. The summed E-state index contributed by atoms with van der Waals surface area (Å²) >= 11 is 18.2. The monoisotopic (exact) mass is 469 g/mol. The van der Waals surface area contributed by atoms with Crippen LogP contribution in [0.4, 0.5) is 10.1 Å². The fourth-order valence-electron chi connectivity index (χ4n) is 2.32. The molecule has 0 bridgehead atoms. The molecular formula is C17H15Cl3FNO5S. The van der Waals surface area contributed by atoms with Gasteiger partial charge in [-0.25, -0.2) is 17.6 Å². The topological polar surface area (TPSA) is 92.7 Å². The van der Waals surface area contributed by atoms with Gasteiger partial charge in [0.15, 0.2) is 5.75 Å². The molecular weight excluding hydrogens is 456 g/mol. The summed E-state index contributed by atoms with van der Waals surface area (Å²) in [5, 5.41) is 9.10. The number of alkyl halides is 1. The maximum Gasteiger partial charge on any atom is 0.338 e. The number of hydrogen-bond acceptors (Lipinski definition) is 4. The van der Waals surface area contributed by atoms with E-state index in [-0.39, 0.29) is 34.5 Å². The van der Waals surface area contributed by atoms with Crippen molar-refractivity contribution in [1.29, 1.82) is 0 Å². The van der Waals surface area contributed by atoms with Crippen LogP contribution in [0.1, 0.15) is 11.1 Å². The second-order valence-corrected chi connectivity index (χ2v) is 8.91. The van der Waals surface area contributed by atoms with Gasteiger partial charge in [-0.05, 0) is 41.5 Å². The highest BCUT2D eigenvalue weighted by atomic mass is 35.5. The smallest absolute Gasteiger partial charge is 0.338 e. The van der Waals surface area contributed by atoms with Crippen molar-refractivity contribution in [3.8, 4) is 5.75 Å². The van der Waals surface area contributed by atoms with Crippen LogP contribution in [0.25, 0.3) is 0 Å². The van der Waals surface area contributed by atoms with Gasteiger partial charge in [0, 0.05) is 11.4 Å². The van der Waals surface area contributed by atoms with Crippen LogP contribution in [0.3, 0.4) is 0 Å². The predicted molar refractivity (Wildman–Crippen MR) is 107 cm³/mol. The Kier molecular flexibility index (Phi) is 7.39. The number of nitrogens with one attached hydrogen (secondary N) is 1. The molecule has 28 heavy (non-hydrogen) atoms. The fraction of sp³-hybridized carbons (Fsp3) is 0.235. The van der Waals surface area contributed by atoms with Gasteiger partial charge in [0.05, 0.1) is 22.0 Å². The average molecular weight is 471 g/mol. The van der Waals surface area contributed by atoms with E-state index in [1.165, 1.54) is 24.3 Å². The van der Waals surface area contributed by atoms with E-state index in [2.05, 4.69) is 4.72 Å². The van der Waals surface area contributed by atoms with Crippen molar-refractivity contribution in [3.63, 3.8) is 0 Å². The van der Waals surface area contributed by atoms with E-state index in [4.69, 9.17) is 44.6 Å². The molecule has 2 aromatic carbocycles. The standard InChI is InChI=1S/C17H15Cl3FNO5S/c1-28(25,26)22-12-3-10(2-11(18)7-12)8-27-16-13(19)4-9(5-14(16)20)6-15(21)17(23)24/h2-5,7,15,22H,6,8H2,1H3,(H,23,24). The molecule has 0 aromatic heterocycles. The molecule has 0 saturated heterocycles. The number of benzene rings is 2. The summed E-state index contributed by atoms with van der Waals surface area (Å²) in [6.45, 7) is -0.0291. The zero-order valence-electron chi connectivity index (χ0n) is 14.4.